The Morgan fingerprint density at radius 3 is 2.58 bits per heavy atom. The number of nitrogens with one attached hydrogen (secondary N) is 2. The maximum Gasteiger partial charge on any atom is 0.242 e. The predicted octanol–water partition coefficient (Wildman–Crippen LogP) is 3.99. The first-order chi connectivity index (χ1) is 15.9. The average molecular weight is 466 g/mol. The fourth-order valence-corrected chi connectivity index (χ4v) is 5.86. The van der Waals surface area contributed by atoms with E-state index >= 15 is 0 Å². The largest absolute Gasteiger partial charge is 0.356 e. The average Bonchev–Trinajstić information content (AvgIpc) is 2.83. The summed E-state index contributed by atoms with van der Waals surface area (Å²) in [6.45, 7) is 3.09. The molecule has 0 unspecified atom stereocenters. The molecule has 0 radical (unpaired) electrons. The lowest BCUT2D eigenvalue weighted by atomic mass is 9.81. The fourth-order valence-electron chi connectivity index (χ4n) is 4.57. The molecule has 2 aromatic carbocycles. The van der Waals surface area contributed by atoms with Crippen molar-refractivity contribution in [2.45, 2.75) is 43.9 Å². The van der Waals surface area contributed by atoms with Crippen molar-refractivity contribution in [1.82, 2.24) is 15.0 Å². The van der Waals surface area contributed by atoms with E-state index in [1.165, 1.54) is 11.1 Å². The molecule has 4 rings (SSSR count). The fraction of sp³-hybridized carbons (Fsp3) is 0.385. The maximum atomic E-state index is 12.9. The summed E-state index contributed by atoms with van der Waals surface area (Å²) in [5.41, 5.74) is 2.94. The number of carbonyl (C=O) groups excluding carboxylic acids is 1. The van der Waals surface area contributed by atoms with Crippen LogP contribution in [0.25, 0.3) is 10.9 Å². The quantitative estimate of drug-likeness (QED) is 0.527. The van der Waals surface area contributed by atoms with Gasteiger partial charge in [0.15, 0.2) is 0 Å². The second-order valence-corrected chi connectivity index (χ2v) is 10.7. The summed E-state index contributed by atoms with van der Waals surface area (Å²) in [5, 5.41) is 3.87. The molecule has 0 spiro atoms. The zero-order valence-electron chi connectivity index (χ0n) is 19.0. The number of hydrogen-bond donors (Lipinski definition) is 2. The molecule has 0 atom stereocenters. The number of hydrogen-bond acceptors (Lipinski definition) is 4. The van der Waals surface area contributed by atoms with Gasteiger partial charge in [0, 0.05) is 30.6 Å². The van der Waals surface area contributed by atoms with Crippen LogP contribution < -0.4 is 10.0 Å². The Morgan fingerprint density at radius 2 is 1.79 bits per heavy atom. The van der Waals surface area contributed by atoms with E-state index in [1.54, 1.807) is 24.4 Å². The van der Waals surface area contributed by atoms with Gasteiger partial charge in [-0.15, -0.1) is 0 Å². The van der Waals surface area contributed by atoms with Crippen LogP contribution in [-0.2, 0) is 21.2 Å². The lowest BCUT2D eigenvalue weighted by Crippen LogP contribution is -2.36. The number of rotatable bonds is 8. The van der Waals surface area contributed by atoms with Gasteiger partial charge in [-0.05, 0) is 62.6 Å². The summed E-state index contributed by atoms with van der Waals surface area (Å²) < 4.78 is 28.6. The first-order valence-electron chi connectivity index (χ1n) is 11.6. The smallest absolute Gasteiger partial charge is 0.242 e. The van der Waals surface area contributed by atoms with Crippen molar-refractivity contribution in [3.8, 4) is 0 Å². The Morgan fingerprint density at radius 1 is 1.03 bits per heavy atom. The van der Waals surface area contributed by atoms with E-state index < -0.39 is 10.0 Å². The van der Waals surface area contributed by atoms with Crippen molar-refractivity contribution in [2.75, 3.05) is 13.1 Å². The third-order valence-electron chi connectivity index (χ3n) is 6.46. The van der Waals surface area contributed by atoms with Gasteiger partial charge in [0.1, 0.15) is 4.90 Å². The number of para-hydroxylation sites is 1. The topological polar surface area (TPSA) is 88.2 Å². The van der Waals surface area contributed by atoms with Gasteiger partial charge in [0.25, 0.3) is 0 Å². The highest BCUT2D eigenvalue weighted by molar-refractivity contribution is 7.89. The van der Waals surface area contributed by atoms with Crippen molar-refractivity contribution in [1.29, 1.82) is 0 Å². The summed E-state index contributed by atoms with van der Waals surface area (Å²) in [7, 11) is -3.65. The van der Waals surface area contributed by atoms with E-state index in [0.29, 0.717) is 18.6 Å². The van der Waals surface area contributed by atoms with E-state index in [1.807, 2.05) is 18.2 Å². The molecular formula is C26H31N3O3S. The van der Waals surface area contributed by atoms with Gasteiger partial charge in [-0.25, -0.2) is 13.1 Å². The molecule has 1 aliphatic rings. The Bertz CT molecular complexity index is 1210. The SMILES string of the molecule is Cc1cccc(CCNC(=O)C2CCC(CNS(=O)(=O)c3cccc4cccnc34)CC2)c1. The number of fused-ring (bicyclic) bond motifs is 1. The molecule has 0 aliphatic heterocycles. The number of carbonyl (C=O) groups is 1. The summed E-state index contributed by atoms with van der Waals surface area (Å²) in [6.07, 6.45) is 5.69. The van der Waals surface area contributed by atoms with Crippen molar-refractivity contribution in [3.63, 3.8) is 0 Å². The Hall–Kier alpha value is -2.77. The lowest BCUT2D eigenvalue weighted by molar-refractivity contribution is -0.126. The second kappa shape index (κ2) is 10.4. The zero-order chi connectivity index (χ0) is 23.3. The number of sulfonamides is 1. The van der Waals surface area contributed by atoms with Crippen LogP contribution in [0.5, 0.6) is 0 Å². The van der Waals surface area contributed by atoms with Gasteiger partial charge < -0.3 is 5.32 Å². The number of aryl methyl sites for hydroxylation is 1. The molecular weight excluding hydrogens is 434 g/mol. The molecule has 1 amide bonds. The first kappa shape index (κ1) is 23.4. The van der Waals surface area contributed by atoms with Crippen LogP contribution in [0.4, 0.5) is 0 Å². The normalized spacial score (nSPS) is 18.8. The molecule has 174 valence electrons. The summed E-state index contributed by atoms with van der Waals surface area (Å²) in [4.78, 5) is 17.0. The third kappa shape index (κ3) is 5.97. The number of amides is 1. The van der Waals surface area contributed by atoms with Crippen LogP contribution in [0.15, 0.2) is 65.7 Å². The number of pyridine rings is 1. The van der Waals surface area contributed by atoms with Gasteiger partial charge in [0.2, 0.25) is 15.9 Å². The molecule has 33 heavy (non-hydrogen) atoms. The van der Waals surface area contributed by atoms with Gasteiger partial charge in [0.05, 0.1) is 5.52 Å². The van der Waals surface area contributed by atoms with Crippen molar-refractivity contribution in [2.24, 2.45) is 11.8 Å². The van der Waals surface area contributed by atoms with E-state index in [-0.39, 0.29) is 22.6 Å². The van der Waals surface area contributed by atoms with Crippen LogP contribution in [0.3, 0.4) is 0 Å². The molecule has 1 aromatic heterocycles. The molecule has 0 bridgehead atoms. The minimum Gasteiger partial charge on any atom is -0.356 e. The minimum absolute atomic E-state index is 0.0117. The molecule has 3 aromatic rings. The van der Waals surface area contributed by atoms with E-state index in [2.05, 4.69) is 40.1 Å². The Balaban J connectivity index is 1.24. The van der Waals surface area contributed by atoms with Crippen LogP contribution in [0, 0.1) is 18.8 Å². The highest BCUT2D eigenvalue weighted by Crippen LogP contribution is 2.29. The first-order valence-corrected chi connectivity index (χ1v) is 13.1. The van der Waals surface area contributed by atoms with Gasteiger partial charge in [-0.1, -0.05) is 48.0 Å². The standard InChI is InChI=1S/C26H31N3O3S/c1-19-5-2-6-20(17-19)14-16-28-26(30)23-12-10-21(11-13-23)18-29-33(31,32)24-9-3-7-22-8-4-15-27-25(22)24/h2-9,15,17,21,23,29H,10-14,16,18H2,1H3,(H,28,30). The van der Waals surface area contributed by atoms with E-state index in [9.17, 15) is 13.2 Å². The van der Waals surface area contributed by atoms with Gasteiger partial charge >= 0.3 is 0 Å². The molecule has 1 aliphatic carbocycles. The highest BCUT2D eigenvalue weighted by atomic mass is 32.2. The second-order valence-electron chi connectivity index (χ2n) is 8.93. The molecule has 1 fully saturated rings. The summed E-state index contributed by atoms with van der Waals surface area (Å²) in [5.74, 6) is 0.361. The van der Waals surface area contributed by atoms with Gasteiger partial charge in [-0.2, -0.15) is 0 Å². The van der Waals surface area contributed by atoms with Crippen molar-refractivity contribution >= 4 is 26.8 Å². The molecule has 1 saturated carbocycles. The van der Waals surface area contributed by atoms with Crippen LogP contribution >= 0.6 is 0 Å². The molecule has 7 heteroatoms. The van der Waals surface area contributed by atoms with Crippen LogP contribution in [-0.4, -0.2) is 32.4 Å². The summed E-state index contributed by atoms with van der Waals surface area (Å²) in [6, 6.07) is 17.2. The predicted molar refractivity (Wildman–Crippen MR) is 130 cm³/mol. The van der Waals surface area contributed by atoms with E-state index in [0.717, 1.165) is 37.5 Å². The van der Waals surface area contributed by atoms with Gasteiger partial charge in [-0.3, -0.25) is 9.78 Å². The zero-order valence-corrected chi connectivity index (χ0v) is 19.8. The molecule has 6 nitrogen and oxygen atoms in total. The number of aromatic nitrogens is 1. The minimum atomic E-state index is -3.65. The summed E-state index contributed by atoms with van der Waals surface area (Å²) >= 11 is 0. The monoisotopic (exact) mass is 465 g/mol. The molecule has 0 saturated heterocycles. The van der Waals surface area contributed by atoms with E-state index in [4.69, 9.17) is 0 Å². The number of benzene rings is 2. The van der Waals surface area contributed by atoms with Crippen molar-refractivity contribution < 1.29 is 13.2 Å². The Kier molecular flexibility index (Phi) is 7.40. The maximum absolute atomic E-state index is 12.9. The number of nitrogens with zero attached hydrogens (tertiary/aromatic N) is 1. The van der Waals surface area contributed by atoms with Crippen LogP contribution in [0.1, 0.15) is 36.8 Å². The Labute approximate surface area is 195 Å². The molecule has 1 heterocycles. The lowest BCUT2D eigenvalue weighted by Gasteiger charge is -2.28. The highest BCUT2D eigenvalue weighted by Gasteiger charge is 2.27. The van der Waals surface area contributed by atoms with Crippen LogP contribution in [0.2, 0.25) is 0 Å². The molecule has 2 N–H and O–H groups in total. The van der Waals surface area contributed by atoms with Crippen molar-refractivity contribution in [3.05, 3.63) is 71.9 Å². The third-order valence-corrected chi connectivity index (χ3v) is 7.92.